The summed E-state index contributed by atoms with van der Waals surface area (Å²) >= 11 is 0. The highest BCUT2D eigenvalue weighted by Gasteiger charge is 2.36. The summed E-state index contributed by atoms with van der Waals surface area (Å²) in [6.45, 7) is 13.5. The van der Waals surface area contributed by atoms with Gasteiger partial charge in [0.25, 0.3) is 0 Å². The number of hydrogen-bond acceptors (Lipinski definition) is 5. The molecule has 0 radical (unpaired) electrons. The Balaban J connectivity index is 2.29. The maximum absolute atomic E-state index is 13.8. The van der Waals surface area contributed by atoms with E-state index in [1.165, 1.54) is 0 Å². The Morgan fingerprint density at radius 1 is 0.810 bits per heavy atom. The molecule has 0 heterocycles. The van der Waals surface area contributed by atoms with Crippen molar-refractivity contribution >= 4 is 17.8 Å². The van der Waals surface area contributed by atoms with Crippen LogP contribution in [0.4, 0.5) is 0 Å². The Hall–Kier alpha value is -3.35. The van der Waals surface area contributed by atoms with Gasteiger partial charge >= 0.3 is 5.97 Å². The van der Waals surface area contributed by atoms with Gasteiger partial charge in [-0.2, -0.15) is 0 Å². The third-order valence-electron chi connectivity index (χ3n) is 7.41. The van der Waals surface area contributed by atoms with Crippen LogP contribution >= 0.6 is 0 Å². The van der Waals surface area contributed by atoms with Gasteiger partial charge in [-0.1, -0.05) is 76.9 Å². The van der Waals surface area contributed by atoms with Gasteiger partial charge in [0, 0.05) is 13.0 Å². The number of hydrogen-bond donors (Lipinski definition) is 2. The molecule has 0 bridgehead atoms. The fourth-order valence-corrected chi connectivity index (χ4v) is 4.94. The monoisotopic (exact) mass is 580 g/mol. The first-order chi connectivity index (χ1) is 19.7. The van der Waals surface area contributed by atoms with Crippen LogP contribution in [-0.2, 0) is 25.5 Å². The van der Waals surface area contributed by atoms with Gasteiger partial charge < -0.3 is 20.1 Å². The number of carbonyl (C=O) groups excluding carboxylic acids is 3. The summed E-state index contributed by atoms with van der Waals surface area (Å²) in [7, 11) is 3.22. The molecule has 2 aromatic carbocycles. The van der Waals surface area contributed by atoms with Crippen LogP contribution in [0.2, 0.25) is 0 Å². The van der Waals surface area contributed by atoms with Gasteiger partial charge in [0.05, 0.1) is 13.0 Å². The SMILES string of the molecule is CCCC[C@@H](C[C@@H](CCc1ccc(-c2ccc(OC)cc2)cc1)C(=O)N[C@H](C(=O)NC)C(C)(C)C)C(=O)OC(C)(C)C. The van der Waals surface area contributed by atoms with E-state index in [9.17, 15) is 14.4 Å². The maximum atomic E-state index is 13.8. The summed E-state index contributed by atoms with van der Waals surface area (Å²) in [5.41, 5.74) is 2.20. The fourth-order valence-electron chi connectivity index (χ4n) is 4.94. The zero-order chi connectivity index (χ0) is 31.5. The summed E-state index contributed by atoms with van der Waals surface area (Å²) in [6.07, 6.45) is 4.05. The van der Waals surface area contributed by atoms with E-state index in [4.69, 9.17) is 9.47 Å². The molecule has 7 heteroatoms. The number of amides is 2. The van der Waals surface area contributed by atoms with Gasteiger partial charge in [-0.05, 0) is 80.7 Å². The van der Waals surface area contributed by atoms with Crippen molar-refractivity contribution in [2.45, 2.75) is 98.6 Å². The fraction of sp³-hybridized carbons (Fsp3) is 0.571. The van der Waals surface area contributed by atoms with Crippen molar-refractivity contribution in [1.29, 1.82) is 0 Å². The molecule has 2 rings (SSSR count). The maximum Gasteiger partial charge on any atom is 0.309 e. The molecule has 7 nitrogen and oxygen atoms in total. The Bertz CT molecular complexity index is 1140. The second-order valence-corrected chi connectivity index (χ2v) is 13.2. The second-order valence-electron chi connectivity index (χ2n) is 13.2. The molecule has 0 spiro atoms. The molecule has 232 valence electrons. The van der Waals surface area contributed by atoms with Crippen LogP contribution in [0.25, 0.3) is 11.1 Å². The highest BCUT2D eigenvalue weighted by atomic mass is 16.6. The van der Waals surface area contributed by atoms with Crippen LogP contribution in [0, 0.1) is 17.3 Å². The molecule has 0 fully saturated rings. The topological polar surface area (TPSA) is 93.7 Å². The first-order valence-electron chi connectivity index (χ1n) is 15.2. The Morgan fingerprint density at radius 2 is 1.38 bits per heavy atom. The van der Waals surface area contributed by atoms with Crippen molar-refractivity contribution in [3.05, 3.63) is 54.1 Å². The molecule has 3 atom stereocenters. The van der Waals surface area contributed by atoms with E-state index in [-0.39, 0.29) is 17.8 Å². The summed E-state index contributed by atoms with van der Waals surface area (Å²) in [4.78, 5) is 39.7. The van der Waals surface area contributed by atoms with E-state index < -0.39 is 28.9 Å². The van der Waals surface area contributed by atoms with E-state index >= 15 is 0 Å². The van der Waals surface area contributed by atoms with Crippen LogP contribution < -0.4 is 15.4 Å². The lowest BCUT2D eigenvalue weighted by Crippen LogP contribution is -2.54. The highest BCUT2D eigenvalue weighted by molar-refractivity contribution is 5.89. The molecule has 42 heavy (non-hydrogen) atoms. The Labute approximate surface area is 253 Å². The summed E-state index contributed by atoms with van der Waals surface area (Å²) < 4.78 is 11.0. The van der Waals surface area contributed by atoms with E-state index in [0.717, 1.165) is 35.3 Å². The van der Waals surface area contributed by atoms with Crippen LogP contribution in [0.3, 0.4) is 0 Å². The molecule has 0 saturated carbocycles. The third-order valence-corrected chi connectivity index (χ3v) is 7.41. The van der Waals surface area contributed by atoms with Crippen molar-refractivity contribution in [3.8, 4) is 16.9 Å². The van der Waals surface area contributed by atoms with Gasteiger partial charge in [0.2, 0.25) is 11.8 Å². The zero-order valence-electron chi connectivity index (χ0n) is 27.1. The van der Waals surface area contributed by atoms with E-state index in [2.05, 4.69) is 41.8 Å². The third kappa shape index (κ3) is 11.1. The summed E-state index contributed by atoms with van der Waals surface area (Å²) in [5.74, 6) is -0.762. The van der Waals surface area contributed by atoms with Crippen molar-refractivity contribution in [1.82, 2.24) is 10.6 Å². The number of benzene rings is 2. The van der Waals surface area contributed by atoms with Gasteiger partial charge in [-0.25, -0.2) is 0 Å². The van der Waals surface area contributed by atoms with Gasteiger partial charge in [0.1, 0.15) is 17.4 Å². The quantitative estimate of drug-likeness (QED) is 0.242. The normalized spacial score (nSPS) is 13.9. The predicted octanol–water partition coefficient (Wildman–Crippen LogP) is 6.73. The first-order valence-corrected chi connectivity index (χ1v) is 15.2. The average molecular weight is 581 g/mol. The number of likely N-dealkylation sites (N-methyl/N-ethyl adjacent to an activating group) is 1. The number of aryl methyl sites for hydroxylation is 1. The van der Waals surface area contributed by atoms with Crippen LogP contribution in [0.15, 0.2) is 48.5 Å². The lowest BCUT2D eigenvalue weighted by atomic mass is 9.83. The van der Waals surface area contributed by atoms with Crippen molar-refractivity contribution < 1.29 is 23.9 Å². The van der Waals surface area contributed by atoms with Crippen molar-refractivity contribution in [2.75, 3.05) is 14.2 Å². The van der Waals surface area contributed by atoms with Crippen molar-refractivity contribution in [2.24, 2.45) is 17.3 Å². The molecule has 2 aromatic rings. The lowest BCUT2D eigenvalue weighted by Gasteiger charge is -2.32. The minimum atomic E-state index is -0.697. The minimum Gasteiger partial charge on any atom is -0.497 e. The molecular formula is C35H52N2O5. The van der Waals surface area contributed by atoms with E-state index in [0.29, 0.717) is 25.7 Å². The molecular weight excluding hydrogens is 528 g/mol. The number of carbonyl (C=O) groups is 3. The molecule has 2 N–H and O–H groups in total. The number of ether oxygens (including phenoxy) is 2. The number of rotatable bonds is 14. The molecule has 0 aromatic heterocycles. The summed E-state index contributed by atoms with van der Waals surface area (Å²) in [5, 5.41) is 5.70. The van der Waals surface area contributed by atoms with E-state index in [1.807, 2.05) is 65.8 Å². The summed E-state index contributed by atoms with van der Waals surface area (Å²) in [6, 6.07) is 15.6. The highest BCUT2D eigenvalue weighted by Crippen LogP contribution is 2.28. The minimum absolute atomic E-state index is 0.210. The standard InChI is InChI=1S/C35H52N2O5/c1-10-11-12-28(33(40)42-35(5,6)7)23-27(31(38)37-30(32(39)36-8)34(2,3)4)18-15-24-13-16-25(17-14-24)26-19-21-29(41-9)22-20-26/h13-14,16-17,19-22,27-28,30H,10-12,15,18,23H2,1-9H3,(H,36,39)(H,37,38)/t27-,28+,30-/m1/s1. The predicted molar refractivity (Wildman–Crippen MR) is 169 cm³/mol. The number of esters is 1. The number of methoxy groups -OCH3 is 1. The second kappa shape index (κ2) is 15.8. The van der Waals surface area contributed by atoms with Crippen molar-refractivity contribution in [3.63, 3.8) is 0 Å². The van der Waals surface area contributed by atoms with Gasteiger partial charge in [-0.15, -0.1) is 0 Å². The largest absolute Gasteiger partial charge is 0.497 e. The Kier molecular flexibility index (Phi) is 13.1. The number of nitrogens with one attached hydrogen (secondary N) is 2. The number of unbranched alkanes of at least 4 members (excludes halogenated alkanes) is 1. The van der Waals surface area contributed by atoms with Crippen LogP contribution in [0.1, 0.15) is 86.1 Å². The molecule has 2 amide bonds. The molecule has 0 aliphatic heterocycles. The van der Waals surface area contributed by atoms with Gasteiger partial charge in [0.15, 0.2) is 0 Å². The smallest absolute Gasteiger partial charge is 0.309 e. The van der Waals surface area contributed by atoms with Gasteiger partial charge in [-0.3, -0.25) is 14.4 Å². The molecule has 0 saturated heterocycles. The first kappa shape index (κ1) is 34.8. The van der Waals surface area contributed by atoms with E-state index in [1.54, 1.807) is 14.2 Å². The zero-order valence-corrected chi connectivity index (χ0v) is 27.1. The molecule has 0 aliphatic carbocycles. The molecule has 0 unspecified atom stereocenters. The van der Waals surface area contributed by atoms with Crippen LogP contribution in [-0.4, -0.2) is 43.6 Å². The van der Waals surface area contributed by atoms with Crippen LogP contribution in [0.5, 0.6) is 5.75 Å². The lowest BCUT2D eigenvalue weighted by molar-refractivity contribution is -0.161. The molecule has 0 aliphatic rings. The Morgan fingerprint density at radius 3 is 1.86 bits per heavy atom. The average Bonchev–Trinajstić information content (AvgIpc) is 2.93.